The number of rotatable bonds is 9. The molecule has 1 N–H and O–H groups in total. The number of anilines is 1. The van der Waals surface area contributed by atoms with Gasteiger partial charge in [0.15, 0.2) is 11.5 Å². The molecule has 0 bridgehead atoms. The predicted molar refractivity (Wildman–Crippen MR) is 119 cm³/mol. The second-order valence-corrected chi connectivity index (χ2v) is 7.31. The van der Waals surface area contributed by atoms with Crippen LogP contribution in [0.5, 0.6) is 17.2 Å². The first-order valence-electron chi connectivity index (χ1n) is 9.04. The van der Waals surface area contributed by atoms with Crippen molar-refractivity contribution in [3.05, 3.63) is 52.4 Å². The first kappa shape index (κ1) is 21.0. The zero-order valence-electron chi connectivity index (χ0n) is 16.4. The van der Waals surface area contributed by atoms with Crippen molar-refractivity contribution in [2.45, 2.75) is 13.3 Å². The minimum atomic E-state index is 0.585. The van der Waals surface area contributed by atoms with E-state index in [-0.39, 0.29) is 0 Å². The maximum atomic E-state index is 5.93. The van der Waals surface area contributed by atoms with E-state index in [1.54, 1.807) is 20.4 Å². The van der Waals surface area contributed by atoms with Gasteiger partial charge in [-0.05, 0) is 30.7 Å². The van der Waals surface area contributed by atoms with Gasteiger partial charge in [-0.15, -0.1) is 11.3 Å². The van der Waals surface area contributed by atoms with Gasteiger partial charge < -0.3 is 14.2 Å². The lowest BCUT2D eigenvalue weighted by Crippen LogP contribution is -2.01. The third-order valence-electron chi connectivity index (χ3n) is 3.95. The number of aromatic nitrogens is 1. The van der Waals surface area contributed by atoms with Crippen LogP contribution in [-0.2, 0) is 0 Å². The number of hydrazone groups is 1. The summed E-state index contributed by atoms with van der Waals surface area (Å²) in [4.78, 5) is 4.54. The van der Waals surface area contributed by atoms with Crippen molar-refractivity contribution in [3.63, 3.8) is 0 Å². The van der Waals surface area contributed by atoms with E-state index >= 15 is 0 Å². The molecule has 0 spiro atoms. The number of hydrogen-bond acceptors (Lipinski definition) is 7. The van der Waals surface area contributed by atoms with Gasteiger partial charge in [-0.1, -0.05) is 30.7 Å². The Balaban J connectivity index is 1.72. The van der Waals surface area contributed by atoms with Crippen LogP contribution in [0.4, 0.5) is 5.13 Å². The van der Waals surface area contributed by atoms with Crippen molar-refractivity contribution < 1.29 is 14.2 Å². The van der Waals surface area contributed by atoms with Crippen LogP contribution in [-0.4, -0.2) is 32.0 Å². The molecule has 8 heteroatoms. The van der Waals surface area contributed by atoms with Gasteiger partial charge in [0.1, 0.15) is 0 Å². The molecule has 0 atom stereocenters. The maximum absolute atomic E-state index is 5.93. The standard InChI is InChI=1S/C21H22ClN3O3S/c1-4-9-28-20-18(26-2)10-14(11-19(20)27-3)12-23-25-21-24-17(13-29-21)15-5-7-16(22)8-6-15/h5-8,10-13H,4,9H2,1-3H3,(H,24,25)/b23-12-. The molecule has 2 aromatic carbocycles. The van der Waals surface area contributed by atoms with Crippen molar-refractivity contribution in [3.8, 4) is 28.5 Å². The summed E-state index contributed by atoms with van der Waals surface area (Å²) < 4.78 is 16.6. The topological polar surface area (TPSA) is 65.0 Å². The van der Waals surface area contributed by atoms with Crippen LogP contribution < -0.4 is 19.6 Å². The van der Waals surface area contributed by atoms with Crippen LogP contribution in [0.3, 0.4) is 0 Å². The van der Waals surface area contributed by atoms with Crippen LogP contribution >= 0.6 is 22.9 Å². The number of methoxy groups -OCH3 is 2. The van der Waals surface area contributed by atoms with Crippen molar-refractivity contribution in [2.75, 3.05) is 26.3 Å². The van der Waals surface area contributed by atoms with Gasteiger partial charge in [0.05, 0.1) is 32.7 Å². The number of benzene rings is 2. The number of hydrogen-bond donors (Lipinski definition) is 1. The molecule has 6 nitrogen and oxygen atoms in total. The van der Waals surface area contributed by atoms with Crippen LogP contribution in [0, 0.1) is 0 Å². The van der Waals surface area contributed by atoms with Crippen LogP contribution in [0.1, 0.15) is 18.9 Å². The highest BCUT2D eigenvalue weighted by Gasteiger charge is 2.13. The highest BCUT2D eigenvalue weighted by Crippen LogP contribution is 2.38. The number of nitrogens with zero attached hydrogens (tertiary/aromatic N) is 2. The molecular formula is C21H22ClN3O3S. The summed E-state index contributed by atoms with van der Waals surface area (Å²) in [6, 6.07) is 11.3. The molecule has 152 valence electrons. The van der Waals surface area contributed by atoms with Gasteiger partial charge in [-0.25, -0.2) is 4.98 Å². The SMILES string of the molecule is CCCOc1c(OC)cc(/C=N\Nc2nc(-c3ccc(Cl)cc3)cs2)cc1OC. The average molecular weight is 432 g/mol. The molecule has 3 aromatic rings. The van der Waals surface area contributed by atoms with E-state index < -0.39 is 0 Å². The third kappa shape index (κ3) is 5.40. The molecule has 0 fully saturated rings. The van der Waals surface area contributed by atoms with E-state index in [1.165, 1.54) is 11.3 Å². The summed E-state index contributed by atoms with van der Waals surface area (Å²) >= 11 is 7.41. The van der Waals surface area contributed by atoms with Gasteiger partial charge in [-0.2, -0.15) is 5.10 Å². The molecule has 0 saturated carbocycles. The predicted octanol–water partition coefficient (Wildman–Crippen LogP) is 5.72. The molecule has 0 radical (unpaired) electrons. The minimum Gasteiger partial charge on any atom is -0.493 e. The molecule has 1 aromatic heterocycles. The number of ether oxygens (including phenoxy) is 3. The lowest BCUT2D eigenvalue weighted by Gasteiger charge is -2.14. The smallest absolute Gasteiger partial charge is 0.203 e. The molecule has 3 rings (SSSR count). The van der Waals surface area contributed by atoms with Crippen LogP contribution in [0.2, 0.25) is 5.02 Å². The Morgan fingerprint density at radius 1 is 1.14 bits per heavy atom. The Labute approximate surface area is 179 Å². The second kappa shape index (κ2) is 10.1. The van der Waals surface area contributed by atoms with E-state index in [0.717, 1.165) is 23.2 Å². The molecule has 1 heterocycles. The fourth-order valence-electron chi connectivity index (χ4n) is 2.56. The largest absolute Gasteiger partial charge is 0.493 e. The molecule has 0 unspecified atom stereocenters. The maximum Gasteiger partial charge on any atom is 0.203 e. The Kier molecular flexibility index (Phi) is 7.32. The van der Waals surface area contributed by atoms with Crippen molar-refractivity contribution >= 4 is 34.3 Å². The first-order chi connectivity index (χ1) is 14.1. The lowest BCUT2D eigenvalue weighted by molar-refractivity contribution is 0.275. The zero-order chi connectivity index (χ0) is 20.6. The summed E-state index contributed by atoms with van der Waals surface area (Å²) in [6.45, 7) is 2.63. The van der Waals surface area contributed by atoms with Gasteiger partial charge in [-0.3, -0.25) is 5.43 Å². The quantitative estimate of drug-likeness (QED) is 0.347. The second-order valence-electron chi connectivity index (χ2n) is 6.02. The average Bonchev–Trinajstić information content (AvgIpc) is 3.21. The van der Waals surface area contributed by atoms with Crippen LogP contribution in [0.15, 0.2) is 46.9 Å². The Morgan fingerprint density at radius 3 is 2.45 bits per heavy atom. The van der Waals surface area contributed by atoms with Gasteiger partial charge in [0, 0.05) is 21.5 Å². The molecule has 0 aliphatic carbocycles. The molecular weight excluding hydrogens is 410 g/mol. The van der Waals surface area contributed by atoms with Crippen molar-refractivity contribution in [2.24, 2.45) is 5.10 Å². The molecule has 0 aliphatic rings. The van der Waals surface area contributed by atoms with Gasteiger partial charge >= 0.3 is 0 Å². The van der Waals surface area contributed by atoms with Crippen LogP contribution in [0.25, 0.3) is 11.3 Å². The Bertz CT molecular complexity index is 949. The fourth-order valence-corrected chi connectivity index (χ4v) is 3.36. The van der Waals surface area contributed by atoms with E-state index in [1.807, 2.05) is 48.7 Å². The third-order valence-corrected chi connectivity index (χ3v) is 4.95. The Morgan fingerprint density at radius 2 is 1.83 bits per heavy atom. The molecule has 0 aliphatic heterocycles. The minimum absolute atomic E-state index is 0.585. The van der Waals surface area contributed by atoms with Crippen molar-refractivity contribution in [1.82, 2.24) is 4.98 Å². The Hall–Kier alpha value is -2.77. The highest BCUT2D eigenvalue weighted by atomic mass is 35.5. The molecule has 29 heavy (non-hydrogen) atoms. The fraction of sp³-hybridized carbons (Fsp3) is 0.238. The van der Waals surface area contributed by atoms with E-state index in [9.17, 15) is 0 Å². The number of halogens is 1. The van der Waals surface area contributed by atoms with E-state index in [0.29, 0.717) is 34.0 Å². The van der Waals surface area contributed by atoms with Gasteiger partial charge in [0.2, 0.25) is 10.9 Å². The normalized spacial score (nSPS) is 10.9. The summed E-state index contributed by atoms with van der Waals surface area (Å²) in [5.74, 6) is 1.78. The summed E-state index contributed by atoms with van der Waals surface area (Å²) in [6.07, 6.45) is 2.57. The zero-order valence-corrected chi connectivity index (χ0v) is 18.0. The van der Waals surface area contributed by atoms with E-state index in [2.05, 4.69) is 15.5 Å². The number of nitrogens with one attached hydrogen (secondary N) is 1. The van der Waals surface area contributed by atoms with Gasteiger partial charge in [0.25, 0.3) is 0 Å². The summed E-state index contributed by atoms with van der Waals surface area (Å²) in [5.41, 5.74) is 5.63. The molecule has 0 saturated heterocycles. The highest BCUT2D eigenvalue weighted by molar-refractivity contribution is 7.14. The summed E-state index contributed by atoms with van der Waals surface area (Å²) in [5, 5.41) is 7.63. The first-order valence-corrected chi connectivity index (χ1v) is 10.3. The summed E-state index contributed by atoms with van der Waals surface area (Å²) in [7, 11) is 3.20. The lowest BCUT2D eigenvalue weighted by atomic mass is 10.2. The monoisotopic (exact) mass is 431 g/mol. The number of thiazole rings is 1. The molecule has 0 amide bonds. The van der Waals surface area contributed by atoms with E-state index in [4.69, 9.17) is 25.8 Å². The van der Waals surface area contributed by atoms with Crippen molar-refractivity contribution in [1.29, 1.82) is 0 Å².